The zero-order valence-electron chi connectivity index (χ0n) is 14.4. The molecule has 0 radical (unpaired) electrons. The van der Waals surface area contributed by atoms with Crippen molar-refractivity contribution in [2.24, 2.45) is 0 Å². The molecule has 0 aliphatic rings. The highest BCUT2D eigenvalue weighted by Gasteiger charge is 2.16. The number of anilines is 1. The van der Waals surface area contributed by atoms with Gasteiger partial charge in [0.05, 0.1) is 22.3 Å². The number of nitrogens with zero attached hydrogens (tertiary/aromatic N) is 3. The van der Waals surface area contributed by atoms with Gasteiger partial charge in [0.25, 0.3) is 0 Å². The van der Waals surface area contributed by atoms with Crippen LogP contribution in [0.1, 0.15) is 24.5 Å². The molecule has 3 aromatic rings. The van der Waals surface area contributed by atoms with Crippen molar-refractivity contribution in [3.05, 3.63) is 41.5 Å². The number of benzene rings is 1. The van der Waals surface area contributed by atoms with Crippen LogP contribution in [0, 0.1) is 18.3 Å². The molecule has 3 rings (SSSR count). The standard InChI is InChI=1S/C18H20N4O2S/c1-12-10-17(20-13(2)8-9-25(3,23)24)22-16-7-5-4-6-15(16)21-18(22)14(12)11-19/h4-7,10,13,20H,8-9H2,1-3H3. The molecule has 2 heterocycles. The summed E-state index contributed by atoms with van der Waals surface area (Å²) in [6, 6.07) is 11.8. The fourth-order valence-electron chi connectivity index (χ4n) is 2.92. The molecule has 1 aromatic carbocycles. The number of imidazole rings is 1. The van der Waals surface area contributed by atoms with Crippen molar-refractivity contribution in [1.82, 2.24) is 9.38 Å². The fraction of sp³-hybridized carbons (Fsp3) is 0.333. The number of rotatable bonds is 5. The molecule has 0 spiro atoms. The summed E-state index contributed by atoms with van der Waals surface area (Å²) in [5, 5.41) is 12.9. The molecule has 0 saturated carbocycles. The third-order valence-electron chi connectivity index (χ3n) is 4.20. The van der Waals surface area contributed by atoms with Crippen LogP contribution in [-0.2, 0) is 9.84 Å². The molecule has 0 bridgehead atoms. The fourth-order valence-corrected chi connectivity index (χ4v) is 3.70. The maximum atomic E-state index is 11.4. The van der Waals surface area contributed by atoms with Gasteiger partial charge >= 0.3 is 0 Å². The molecule has 25 heavy (non-hydrogen) atoms. The molecule has 0 saturated heterocycles. The van der Waals surface area contributed by atoms with Crippen LogP contribution in [-0.4, -0.2) is 35.9 Å². The molecule has 2 aromatic heterocycles. The minimum atomic E-state index is -3.00. The first kappa shape index (κ1) is 17.2. The van der Waals surface area contributed by atoms with E-state index in [0.717, 1.165) is 22.4 Å². The summed E-state index contributed by atoms with van der Waals surface area (Å²) in [5.41, 5.74) is 3.72. The predicted octanol–water partition coefficient (Wildman–Crippen LogP) is 2.90. The molecule has 0 amide bonds. The van der Waals surface area contributed by atoms with Gasteiger partial charge in [0.2, 0.25) is 0 Å². The van der Waals surface area contributed by atoms with E-state index in [1.54, 1.807) is 0 Å². The maximum Gasteiger partial charge on any atom is 0.157 e. The smallest absolute Gasteiger partial charge is 0.157 e. The quantitative estimate of drug-likeness (QED) is 0.759. The minimum absolute atomic E-state index is 0.0357. The largest absolute Gasteiger partial charge is 0.369 e. The number of hydrogen-bond donors (Lipinski definition) is 1. The Morgan fingerprint density at radius 3 is 2.76 bits per heavy atom. The zero-order valence-corrected chi connectivity index (χ0v) is 15.3. The van der Waals surface area contributed by atoms with Gasteiger partial charge in [-0.15, -0.1) is 0 Å². The Morgan fingerprint density at radius 2 is 2.08 bits per heavy atom. The summed E-state index contributed by atoms with van der Waals surface area (Å²) in [4.78, 5) is 4.60. The lowest BCUT2D eigenvalue weighted by molar-refractivity contribution is 0.595. The molecule has 7 heteroatoms. The number of pyridine rings is 1. The SMILES string of the molecule is Cc1cc(NC(C)CCS(C)(=O)=O)n2c(nc3ccccc32)c1C#N. The first-order valence-corrected chi connectivity index (χ1v) is 10.1. The second-order valence-electron chi connectivity index (χ2n) is 6.42. The van der Waals surface area contributed by atoms with Gasteiger partial charge in [-0.25, -0.2) is 13.4 Å². The summed E-state index contributed by atoms with van der Waals surface area (Å²) >= 11 is 0. The Kier molecular flexibility index (Phi) is 4.39. The first-order valence-electron chi connectivity index (χ1n) is 8.05. The minimum Gasteiger partial charge on any atom is -0.369 e. The summed E-state index contributed by atoms with van der Waals surface area (Å²) < 4.78 is 24.7. The molecular weight excluding hydrogens is 336 g/mol. The van der Waals surface area contributed by atoms with Crippen LogP contribution in [0.5, 0.6) is 0 Å². The van der Waals surface area contributed by atoms with Crippen molar-refractivity contribution in [2.45, 2.75) is 26.3 Å². The van der Waals surface area contributed by atoms with Gasteiger partial charge < -0.3 is 5.32 Å². The second-order valence-corrected chi connectivity index (χ2v) is 8.68. The van der Waals surface area contributed by atoms with Gasteiger partial charge in [0, 0.05) is 12.3 Å². The van der Waals surface area contributed by atoms with Crippen molar-refractivity contribution in [2.75, 3.05) is 17.3 Å². The molecule has 130 valence electrons. The highest BCUT2D eigenvalue weighted by molar-refractivity contribution is 7.90. The van der Waals surface area contributed by atoms with Crippen LogP contribution >= 0.6 is 0 Å². The number of fused-ring (bicyclic) bond motifs is 3. The van der Waals surface area contributed by atoms with E-state index in [1.807, 2.05) is 48.6 Å². The van der Waals surface area contributed by atoms with Gasteiger partial charge in [0.15, 0.2) is 5.65 Å². The van der Waals surface area contributed by atoms with Crippen LogP contribution in [0.3, 0.4) is 0 Å². The van der Waals surface area contributed by atoms with Crippen molar-refractivity contribution < 1.29 is 8.42 Å². The van der Waals surface area contributed by atoms with Crippen LogP contribution < -0.4 is 5.32 Å². The second kappa shape index (κ2) is 6.37. The van der Waals surface area contributed by atoms with E-state index in [4.69, 9.17) is 0 Å². The number of aryl methyl sites for hydroxylation is 1. The average Bonchev–Trinajstić information content (AvgIpc) is 2.92. The lowest BCUT2D eigenvalue weighted by Gasteiger charge is -2.18. The topological polar surface area (TPSA) is 87.3 Å². The van der Waals surface area contributed by atoms with Crippen molar-refractivity contribution in [3.8, 4) is 6.07 Å². The van der Waals surface area contributed by atoms with Gasteiger partial charge in [0.1, 0.15) is 21.7 Å². The van der Waals surface area contributed by atoms with Gasteiger partial charge in [-0.1, -0.05) is 12.1 Å². The van der Waals surface area contributed by atoms with Gasteiger partial charge in [-0.3, -0.25) is 4.40 Å². The maximum absolute atomic E-state index is 11.4. The van der Waals surface area contributed by atoms with Crippen LogP contribution in [0.25, 0.3) is 16.7 Å². The Labute approximate surface area is 147 Å². The van der Waals surface area contributed by atoms with E-state index in [9.17, 15) is 13.7 Å². The molecule has 0 aliphatic carbocycles. The van der Waals surface area contributed by atoms with E-state index in [-0.39, 0.29) is 11.8 Å². The monoisotopic (exact) mass is 356 g/mol. The Balaban J connectivity index is 2.10. The van der Waals surface area contributed by atoms with E-state index in [0.29, 0.717) is 17.6 Å². The molecule has 0 aliphatic heterocycles. The summed E-state index contributed by atoms with van der Waals surface area (Å²) in [7, 11) is -3.00. The number of sulfone groups is 1. The highest BCUT2D eigenvalue weighted by Crippen LogP contribution is 2.27. The van der Waals surface area contributed by atoms with Crippen LogP contribution in [0.2, 0.25) is 0 Å². The molecular formula is C18H20N4O2S. The number of para-hydroxylation sites is 2. The molecule has 6 nitrogen and oxygen atoms in total. The van der Waals surface area contributed by atoms with Gasteiger partial charge in [-0.2, -0.15) is 5.26 Å². The molecule has 0 fully saturated rings. The summed E-state index contributed by atoms with van der Waals surface area (Å²) in [5.74, 6) is 0.936. The predicted molar refractivity (Wildman–Crippen MR) is 99.6 cm³/mol. The Bertz CT molecular complexity index is 1090. The summed E-state index contributed by atoms with van der Waals surface area (Å²) in [6.07, 6.45) is 1.75. The average molecular weight is 356 g/mol. The molecule has 1 unspecified atom stereocenters. The van der Waals surface area contributed by atoms with Gasteiger partial charge in [-0.05, 0) is 44.0 Å². The van der Waals surface area contributed by atoms with E-state index in [1.165, 1.54) is 6.26 Å². The number of nitriles is 1. The number of aromatic nitrogens is 2. The van der Waals surface area contributed by atoms with Crippen LogP contribution in [0.15, 0.2) is 30.3 Å². The van der Waals surface area contributed by atoms with Crippen molar-refractivity contribution >= 4 is 32.3 Å². The van der Waals surface area contributed by atoms with E-state index >= 15 is 0 Å². The van der Waals surface area contributed by atoms with E-state index < -0.39 is 9.84 Å². The van der Waals surface area contributed by atoms with Crippen molar-refractivity contribution in [3.63, 3.8) is 0 Å². The lowest BCUT2D eigenvalue weighted by atomic mass is 10.1. The summed E-state index contributed by atoms with van der Waals surface area (Å²) in [6.45, 7) is 3.83. The lowest BCUT2D eigenvalue weighted by Crippen LogP contribution is -2.21. The van der Waals surface area contributed by atoms with Crippen molar-refractivity contribution in [1.29, 1.82) is 5.26 Å². The third-order valence-corrected chi connectivity index (χ3v) is 5.18. The zero-order chi connectivity index (χ0) is 18.2. The van der Waals surface area contributed by atoms with E-state index in [2.05, 4.69) is 16.4 Å². The molecule has 1 N–H and O–H groups in total. The normalized spacial score (nSPS) is 13.0. The highest BCUT2D eigenvalue weighted by atomic mass is 32.2. The Hall–Kier alpha value is -2.59. The first-order chi connectivity index (χ1) is 11.8. The number of nitrogens with one attached hydrogen (secondary N) is 1. The van der Waals surface area contributed by atoms with Crippen LogP contribution in [0.4, 0.5) is 5.82 Å². The number of hydrogen-bond acceptors (Lipinski definition) is 5. The Morgan fingerprint density at radius 1 is 1.36 bits per heavy atom. The third kappa shape index (κ3) is 3.44. The molecule has 1 atom stereocenters.